The molecule has 3 aliphatic rings. The molecular weight excluding hydrogens is 576 g/mol. The van der Waals surface area contributed by atoms with E-state index in [1.165, 1.54) is 66.8 Å². The second-order valence-electron chi connectivity index (χ2n) is 13.8. The van der Waals surface area contributed by atoms with Crippen LogP contribution >= 0.6 is 0 Å². The third-order valence-electron chi connectivity index (χ3n) is 10.5. The standard InChI is InChI=1S/C38H50N4O4/c1-41-21-24-42(25-22-41,26-23-41)20-6-19-39-17-5-18-40-29-32-11-15-34(16-12-32)33-13-9-31(10-14-33)28-36(38(45)46)35(37(43)44)27-30-7-3-2-4-8-30/h2-4,7-16,35-36,39-40H,5-6,17-29H2,1H3/p+2/t35-,36-,41?,42?/m0/s1. The minimum atomic E-state index is -1.09. The first-order valence-corrected chi connectivity index (χ1v) is 17.0. The number of quaternary nitrogens is 2. The van der Waals surface area contributed by atoms with Gasteiger partial charge in [0, 0.05) is 19.5 Å². The lowest BCUT2D eigenvalue weighted by atomic mass is 9.82. The van der Waals surface area contributed by atoms with E-state index in [1.807, 2.05) is 54.6 Å². The number of nitrogens with one attached hydrogen (secondary N) is 2. The minimum absolute atomic E-state index is 0.165. The van der Waals surface area contributed by atoms with Gasteiger partial charge in [0.25, 0.3) is 0 Å². The summed E-state index contributed by atoms with van der Waals surface area (Å²) in [5, 5.41) is 27.0. The maximum Gasteiger partial charge on any atom is 0.307 e. The highest BCUT2D eigenvalue weighted by Gasteiger charge is 2.46. The first-order valence-electron chi connectivity index (χ1n) is 17.0. The number of hydrogen-bond donors (Lipinski definition) is 4. The molecule has 0 aliphatic carbocycles. The summed E-state index contributed by atoms with van der Waals surface area (Å²) in [7, 11) is 2.43. The largest absolute Gasteiger partial charge is 0.481 e. The molecule has 0 radical (unpaired) electrons. The molecule has 3 fully saturated rings. The van der Waals surface area contributed by atoms with Crippen molar-refractivity contribution in [3.8, 4) is 11.1 Å². The molecule has 0 saturated carbocycles. The van der Waals surface area contributed by atoms with Crippen LogP contribution in [0.5, 0.6) is 0 Å². The van der Waals surface area contributed by atoms with Crippen LogP contribution in [-0.4, -0.2) is 104 Å². The van der Waals surface area contributed by atoms with Gasteiger partial charge >= 0.3 is 11.9 Å². The molecule has 3 aliphatic heterocycles. The Bertz CT molecular complexity index is 1390. The Hall–Kier alpha value is -3.56. The van der Waals surface area contributed by atoms with E-state index in [1.54, 1.807) is 0 Å². The van der Waals surface area contributed by atoms with Crippen molar-refractivity contribution in [1.29, 1.82) is 0 Å². The van der Waals surface area contributed by atoms with Gasteiger partial charge in [-0.2, -0.15) is 0 Å². The first-order chi connectivity index (χ1) is 22.2. The van der Waals surface area contributed by atoms with Crippen molar-refractivity contribution in [3.05, 3.63) is 95.6 Å². The number of nitrogens with zero attached hydrogens (tertiary/aromatic N) is 2. The van der Waals surface area contributed by atoms with E-state index in [2.05, 4.69) is 41.9 Å². The molecule has 2 atom stereocenters. The van der Waals surface area contributed by atoms with E-state index in [0.29, 0.717) is 0 Å². The Balaban J connectivity index is 1.00. The lowest BCUT2D eigenvalue weighted by Crippen LogP contribution is -2.73. The molecule has 3 aromatic rings. The number of aliphatic carboxylic acids is 2. The fraction of sp³-hybridized carbons (Fsp3) is 0.474. The average molecular weight is 629 g/mol. The highest BCUT2D eigenvalue weighted by molar-refractivity contribution is 5.80. The van der Waals surface area contributed by atoms with E-state index < -0.39 is 23.8 Å². The van der Waals surface area contributed by atoms with Gasteiger partial charge in [-0.3, -0.25) is 9.59 Å². The van der Waals surface area contributed by atoms with E-state index in [0.717, 1.165) is 54.9 Å². The van der Waals surface area contributed by atoms with Crippen molar-refractivity contribution in [2.45, 2.75) is 32.2 Å². The Kier molecular flexibility index (Phi) is 11.6. The third kappa shape index (κ3) is 9.26. The predicted octanol–water partition coefficient (Wildman–Crippen LogP) is 4.29. The molecule has 8 heteroatoms. The molecule has 3 aromatic carbocycles. The lowest BCUT2D eigenvalue weighted by Gasteiger charge is -2.54. The van der Waals surface area contributed by atoms with Crippen molar-refractivity contribution in [2.75, 3.05) is 72.5 Å². The molecule has 0 amide bonds. The van der Waals surface area contributed by atoms with Crippen molar-refractivity contribution in [3.63, 3.8) is 0 Å². The molecule has 6 rings (SSSR count). The fourth-order valence-electron chi connectivity index (χ4n) is 7.18. The van der Waals surface area contributed by atoms with Gasteiger partial charge in [0.15, 0.2) is 0 Å². The van der Waals surface area contributed by atoms with E-state index in [9.17, 15) is 19.8 Å². The minimum Gasteiger partial charge on any atom is -0.481 e. The van der Waals surface area contributed by atoms with E-state index >= 15 is 0 Å². The van der Waals surface area contributed by atoms with E-state index in [4.69, 9.17) is 0 Å². The van der Waals surface area contributed by atoms with E-state index in [-0.39, 0.29) is 12.8 Å². The zero-order chi connectivity index (χ0) is 32.4. The molecule has 46 heavy (non-hydrogen) atoms. The number of carbonyl (C=O) groups is 2. The second kappa shape index (κ2) is 15.8. The quantitative estimate of drug-likeness (QED) is 0.124. The van der Waals surface area contributed by atoms with Crippen molar-refractivity contribution < 1.29 is 28.8 Å². The normalized spacial score (nSPS) is 21.9. The van der Waals surface area contributed by atoms with Crippen LogP contribution in [-0.2, 0) is 29.0 Å². The Labute approximate surface area is 274 Å². The topological polar surface area (TPSA) is 98.7 Å². The Morgan fingerprint density at radius 2 is 1.11 bits per heavy atom. The fourth-order valence-corrected chi connectivity index (χ4v) is 7.18. The zero-order valence-electron chi connectivity index (χ0n) is 27.4. The predicted molar refractivity (Wildman–Crippen MR) is 182 cm³/mol. The van der Waals surface area contributed by atoms with Crippen LogP contribution in [0.2, 0.25) is 0 Å². The van der Waals surface area contributed by atoms with Gasteiger partial charge in [-0.25, -0.2) is 0 Å². The summed E-state index contributed by atoms with van der Waals surface area (Å²) in [6.45, 7) is 13.5. The Morgan fingerprint density at radius 1 is 0.630 bits per heavy atom. The molecule has 3 heterocycles. The number of piperazine rings is 3. The zero-order valence-corrected chi connectivity index (χ0v) is 27.4. The molecule has 0 unspecified atom stereocenters. The SMILES string of the molecule is C[N+]12CC[N+](CCCNCCCNCc3ccc(-c4ccc(C[C@H](C(=O)O)[C@H](Cc5ccccc5)C(=O)O)cc4)cc3)(CC1)CC2. The average Bonchev–Trinajstić information content (AvgIpc) is 3.07. The molecule has 0 spiro atoms. The number of rotatable bonds is 18. The van der Waals surface area contributed by atoms with Crippen LogP contribution in [0.25, 0.3) is 11.1 Å². The summed E-state index contributed by atoms with van der Waals surface area (Å²) in [6, 6.07) is 25.5. The number of likely N-dealkylation sites (N-methyl/N-ethyl adjacent to an activating group) is 1. The highest BCUT2D eigenvalue weighted by Crippen LogP contribution is 2.27. The van der Waals surface area contributed by atoms with Gasteiger partial charge in [-0.1, -0.05) is 78.9 Å². The lowest BCUT2D eigenvalue weighted by molar-refractivity contribution is -1.07. The summed E-state index contributed by atoms with van der Waals surface area (Å²) >= 11 is 0. The molecule has 4 N–H and O–H groups in total. The van der Waals surface area contributed by atoms with Gasteiger partial charge in [0.1, 0.15) is 39.3 Å². The van der Waals surface area contributed by atoms with Gasteiger partial charge < -0.3 is 29.8 Å². The van der Waals surface area contributed by atoms with Crippen LogP contribution < -0.4 is 10.6 Å². The molecule has 8 nitrogen and oxygen atoms in total. The van der Waals surface area contributed by atoms with Crippen LogP contribution in [0.4, 0.5) is 0 Å². The second-order valence-corrected chi connectivity index (χ2v) is 13.8. The van der Waals surface area contributed by atoms with Crippen molar-refractivity contribution >= 4 is 11.9 Å². The first kappa shape index (κ1) is 33.8. The highest BCUT2D eigenvalue weighted by atomic mass is 16.4. The summed E-state index contributed by atoms with van der Waals surface area (Å²) < 4.78 is 2.66. The number of hydrogen-bond acceptors (Lipinski definition) is 4. The summed E-state index contributed by atoms with van der Waals surface area (Å²) in [5.41, 5.74) is 5.01. The van der Waals surface area contributed by atoms with Crippen molar-refractivity contribution in [1.82, 2.24) is 10.6 Å². The van der Waals surface area contributed by atoms with Gasteiger partial charge in [0.2, 0.25) is 0 Å². The number of carboxylic acid groups (broad SMARTS) is 2. The molecule has 2 bridgehead atoms. The van der Waals surface area contributed by atoms with Crippen LogP contribution in [0.1, 0.15) is 29.5 Å². The van der Waals surface area contributed by atoms with Gasteiger partial charge in [0.05, 0.1) is 25.4 Å². The molecule has 246 valence electrons. The number of benzene rings is 3. The third-order valence-corrected chi connectivity index (χ3v) is 10.5. The molecular formula is C38H52N4O4+2. The van der Waals surface area contributed by atoms with Gasteiger partial charge in [-0.15, -0.1) is 0 Å². The molecule has 0 aromatic heterocycles. The summed E-state index contributed by atoms with van der Waals surface area (Å²) in [4.78, 5) is 24.2. The van der Waals surface area contributed by atoms with Crippen LogP contribution in [0, 0.1) is 11.8 Å². The molecule has 3 saturated heterocycles. The number of carboxylic acids is 2. The maximum atomic E-state index is 12.1. The summed E-state index contributed by atoms with van der Waals surface area (Å²) in [5.74, 6) is -4.20. The van der Waals surface area contributed by atoms with Crippen LogP contribution in [0.3, 0.4) is 0 Å². The van der Waals surface area contributed by atoms with Crippen molar-refractivity contribution in [2.24, 2.45) is 11.8 Å². The smallest absolute Gasteiger partial charge is 0.307 e. The maximum absolute atomic E-state index is 12.1. The van der Waals surface area contributed by atoms with Gasteiger partial charge in [-0.05, 0) is 60.2 Å². The Morgan fingerprint density at radius 3 is 1.65 bits per heavy atom. The van der Waals surface area contributed by atoms with Crippen LogP contribution in [0.15, 0.2) is 78.9 Å². The monoisotopic (exact) mass is 628 g/mol. The number of fused-ring (bicyclic) bond motifs is 3. The summed E-state index contributed by atoms with van der Waals surface area (Å²) in [6.07, 6.45) is 2.73.